The van der Waals surface area contributed by atoms with Crippen molar-refractivity contribution < 1.29 is 27.3 Å². The van der Waals surface area contributed by atoms with Gasteiger partial charge in [-0.15, -0.1) is 5.10 Å². The maximum atomic E-state index is 13.6. The minimum atomic E-state index is -4.63. The van der Waals surface area contributed by atoms with E-state index in [2.05, 4.69) is 22.3 Å². The minimum Gasteiger partial charge on any atom is -0.466 e. The molecule has 0 spiro atoms. The summed E-state index contributed by atoms with van der Waals surface area (Å²) < 4.78 is 48.9. The molecule has 1 N–H and O–H groups in total. The van der Waals surface area contributed by atoms with Gasteiger partial charge in [-0.2, -0.15) is 23.7 Å². The van der Waals surface area contributed by atoms with Crippen LogP contribution in [-0.2, 0) is 28.7 Å². The number of carbonyl (C=O) groups is 1. The number of pyridine rings is 1. The van der Waals surface area contributed by atoms with Crippen LogP contribution >= 0.6 is 0 Å². The van der Waals surface area contributed by atoms with Crippen molar-refractivity contribution in [1.82, 2.24) is 14.8 Å². The number of esters is 1. The molecule has 4 aromatic rings. The lowest BCUT2D eigenvalue weighted by molar-refractivity contribution is -0.696. The molecule has 1 atom stereocenters. The third kappa shape index (κ3) is 5.36. The smallest absolute Gasteiger partial charge is 0.416 e. The number of methoxy groups -OCH3 is 1. The van der Waals surface area contributed by atoms with Gasteiger partial charge in [0.25, 0.3) is 0 Å². The van der Waals surface area contributed by atoms with Crippen LogP contribution in [0.1, 0.15) is 40.8 Å². The van der Waals surface area contributed by atoms with Crippen molar-refractivity contribution in [3.8, 4) is 12.1 Å². The highest BCUT2D eigenvalue weighted by molar-refractivity contribution is 5.93. The molecule has 1 unspecified atom stereocenters. The SMILES string of the molecule is COC(=O)C1=C(C)N(c2cccc(C(F)(F)F)c2)c2n[nH]c(=O)n2C1c1ccc(C#N)cc1CC[n+]1ccc(C#N)cc1. The Morgan fingerprint density at radius 1 is 1.09 bits per heavy atom. The van der Waals surface area contributed by atoms with Gasteiger partial charge < -0.3 is 4.74 Å². The van der Waals surface area contributed by atoms with Crippen LogP contribution in [-0.4, -0.2) is 27.8 Å². The van der Waals surface area contributed by atoms with Crippen LogP contribution in [0.5, 0.6) is 0 Å². The first-order valence-electron chi connectivity index (χ1n) is 12.9. The van der Waals surface area contributed by atoms with Crippen LogP contribution in [0.3, 0.4) is 0 Å². The minimum absolute atomic E-state index is 0.00731. The first-order valence-corrected chi connectivity index (χ1v) is 12.9. The number of hydrogen-bond acceptors (Lipinski definition) is 7. The van der Waals surface area contributed by atoms with E-state index in [1.54, 1.807) is 42.7 Å². The highest BCUT2D eigenvalue weighted by Crippen LogP contribution is 2.43. The number of nitrogens with zero attached hydrogens (tertiary/aromatic N) is 6. The maximum Gasteiger partial charge on any atom is 0.416 e. The van der Waals surface area contributed by atoms with Gasteiger partial charge >= 0.3 is 17.8 Å². The number of hydrogen-bond donors (Lipinski definition) is 1. The summed E-state index contributed by atoms with van der Waals surface area (Å²) in [6.07, 6.45) is -0.789. The summed E-state index contributed by atoms with van der Waals surface area (Å²) >= 11 is 0. The van der Waals surface area contributed by atoms with Crippen molar-refractivity contribution in [2.45, 2.75) is 32.1 Å². The van der Waals surface area contributed by atoms with Gasteiger partial charge in [0.2, 0.25) is 5.95 Å². The number of aromatic amines is 1. The van der Waals surface area contributed by atoms with Gasteiger partial charge in [0.1, 0.15) is 6.04 Å². The fourth-order valence-corrected chi connectivity index (χ4v) is 5.17. The van der Waals surface area contributed by atoms with Crippen molar-refractivity contribution in [1.29, 1.82) is 10.5 Å². The Hall–Kier alpha value is -5.69. The normalized spacial score (nSPS) is 14.6. The summed E-state index contributed by atoms with van der Waals surface area (Å²) in [5.74, 6) is -0.828. The predicted molar refractivity (Wildman–Crippen MR) is 145 cm³/mol. The molecule has 0 saturated carbocycles. The van der Waals surface area contributed by atoms with E-state index in [4.69, 9.17) is 10.00 Å². The van der Waals surface area contributed by atoms with Crippen molar-refractivity contribution >= 4 is 17.6 Å². The van der Waals surface area contributed by atoms with Crippen molar-refractivity contribution in [2.75, 3.05) is 12.0 Å². The van der Waals surface area contributed by atoms with E-state index >= 15 is 0 Å². The second-order valence-electron chi connectivity index (χ2n) is 9.69. The van der Waals surface area contributed by atoms with Gasteiger partial charge in [-0.1, -0.05) is 12.1 Å². The van der Waals surface area contributed by atoms with E-state index in [9.17, 15) is 28.0 Å². The second kappa shape index (κ2) is 11.3. The van der Waals surface area contributed by atoms with Crippen LogP contribution in [0, 0.1) is 22.7 Å². The summed E-state index contributed by atoms with van der Waals surface area (Å²) in [4.78, 5) is 27.9. The number of carbonyl (C=O) groups excluding carboxylic acids is 1. The molecule has 2 aromatic heterocycles. The van der Waals surface area contributed by atoms with E-state index in [1.165, 1.54) is 35.6 Å². The first-order chi connectivity index (χ1) is 20.6. The average molecular weight is 587 g/mol. The lowest BCUT2D eigenvalue weighted by Crippen LogP contribution is -2.38. The van der Waals surface area contributed by atoms with Gasteiger partial charge in [-0.25, -0.2) is 23.8 Å². The van der Waals surface area contributed by atoms with E-state index in [1.807, 2.05) is 4.57 Å². The van der Waals surface area contributed by atoms with Crippen LogP contribution in [0.4, 0.5) is 24.8 Å². The van der Waals surface area contributed by atoms with E-state index < -0.39 is 29.4 Å². The molecule has 13 heteroatoms. The summed E-state index contributed by atoms with van der Waals surface area (Å²) in [6.45, 7) is 1.97. The van der Waals surface area contributed by atoms with E-state index in [-0.39, 0.29) is 22.9 Å². The average Bonchev–Trinajstić information content (AvgIpc) is 3.39. The molecular weight excluding hydrogens is 563 g/mol. The molecule has 10 nitrogen and oxygen atoms in total. The lowest BCUT2D eigenvalue weighted by Gasteiger charge is -2.36. The Balaban J connectivity index is 1.69. The van der Waals surface area contributed by atoms with Gasteiger partial charge in [0.15, 0.2) is 18.9 Å². The van der Waals surface area contributed by atoms with Gasteiger partial charge in [-0.3, -0.25) is 4.90 Å². The summed E-state index contributed by atoms with van der Waals surface area (Å²) in [5, 5.41) is 25.2. The van der Waals surface area contributed by atoms with Crippen molar-refractivity contribution in [3.05, 3.63) is 117 Å². The fraction of sp³-hybridized carbons (Fsp3) is 0.200. The number of alkyl halides is 3. The number of fused-ring (bicyclic) bond motifs is 1. The second-order valence-corrected chi connectivity index (χ2v) is 9.69. The third-order valence-corrected chi connectivity index (χ3v) is 7.21. The standard InChI is InChI=1S/C30H22F3N7O3/c1-18-25(27(41)43-2)26(24-7-6-20(17-35)14-21(24)10-13-38-11-8-19(16-34)9-12-38)40-28(36-37-29(40)42)39(18)23-5-3-4-22(15-23)30(31,32)33/h3-9,11-12,14-15,26H,10,13H2,1-2H3/p+1. The molecule has 0 saturated heterocycles. The van der Waals surface area contributed by atoms with Crippen molar-refractivity contribution in [2.24, 2.45) is 0 Å². The van der Waals surface area contributed by atoms with Crippen molar-refractivity contribution in [3.63, 3.8) is 0 Å². The Kier molecular flexibility index (Phi) is 7.57. The predicted octanol–water partition coefficient (Wildman–Crippen LogP) is 4.05. The number of ether oxygens (including phenoxy) is 1. The first kappa shape index (κ1) is 28.8. The number of allylic oxidation sites excluding steroid dienone is 1. The maximum absolute atomic E-state index is 13.6. The molecule has 1 aliphatic heterocycles. The third-order valence-electron chi connectivity index (χ3n) is 7.21. The van der Waals surface area contributed by atoms with Crippen LogP contribution in [0.25, 0.3) is 0 Å². The molecule has 2 aromatic carbocycles. The number of anilines is 2. The number of aromatic nitrogens is 4. The highest BCUT2D eigenvalue weighted by Gasteiger charge is 2.41. The quantitative estimate of drug-likeness (QED) is 0.266. The lowest BCUT2D eigenvalue weighted by atomic mass is 9.89. The summed E-state index contributed by atoms with van der Waals surface area (Å²) in [7, 11) is 1.17. The number of benzene rings is 2. The molecule has 5 rings (SSSR count). The topological polar surface area (TPSA) is 132 Å². The summed E-state index contributed by atoms with van der Waals surface area (Å²) in [6, 6.07) is 15.7. The Morgan fingerprint density at radius 3 is 2.47 bits per heavy atom. The number of H-pyrrole nitrogens is 1. The molecule has 1 aliphatic rings. The van der Waals surface area contributed by atoms with E-state index in [0.29, 0.717) is 35.2 Å². The Labute approximate surface area is 243 Å². The number of rotatable bonds is 6. The molecule has 0 fully saturated rings. The largest absolute Gasteiger partial charge is 0.466 e. The van der Waals surface area contributed by atoms with Gasteiger partial charge in [-0.05, 0) is 48.4 Å². The number of halogens is 3. The monoisotopic (exact) mass is 586 g/mol. The number of nitriles is 2. The van der Waals surface area contributed by atoms with E-state index in [0.717, 1.165) is 12.1 Å². The van der Waals surface area contributed by atoms with Crippen LogP contribution < -0.4 is 15.2 Å². The molecule has 216 valence electrons. The molecule has 0 bridgehead atoms. The molecule has 3 heterocycles. The zero-order valence-electron chi connectivity index (χ0n) is 22.9. The van der Waals surface area contributed by atoms with Crippen LogP contribution in [0.15, 0.2) is 83.1 Å². The number of nitrogens with one attached hydrogen (secondary N) is 1. The molecule has 0 radical (unpaired) electrons. The van der Waals surface area contributed by atoms with Crippen LogP contribution in [0.2, 0.25) is 0 Å². The summed E-state index contributed by atoms with van der Waals surface area (Å²) in [5.41, 5.74) is 0.609. The Bertz CT molecular complexity index is 1890. The fourth-order valence-electron chi connectivity index (χ4n) is 5.17. The molecule has 43 heavy (non-hydrogen) atoms. The molecule has 0 amide bonds. The zero-order valence-corrected chi connectivity index (χ0v) is 22.9. The van der Waals surface area contributed by atoms with Gasteiger partial charge in [0, 0.05) is 29.9 Å². The highest BCUT2D eigenvalue weighted by atomic mass is 19.4. The molecular formula is C30H23F3N7O3+. The number of aryl methyl sites for hydroxylation is 2. The molecule has 0 aliphatic carbocycles. The van der Waals surface area contributed by atoms with Gasteiger partial charge in [0.05, 0.1) is 41.5 Å². The zero-order chi connectivity index (χ0) is 30.9. The Morgan fingerprint density at radius 2 is 1.81 bits per heavy atom.